The molecular weight excluding hydrogens is 270 g/mol. The van der Waals surface area contributed by atoms with E-state index in [0.717, 1.165) is 6.54 Å². The van der Waals surface area contributed by atoms with Crippen LogP contribution in [0.1, 0.15) is 43.9 Å². The molecule has 1 aromatic carbocycles. The van der Waals surface area contributed by atoms with Crippen molar-refractivity contribution in [1.82, 2.24) is 5.32 Å². The van der Waals surface area contributed by atoms with E-state index in [-0.39, 0.29) is 0 Å². The zero-order valence-electron chi connectivity index (χ0n) is 12.2. The molecule has 0 aromatic heterocycles. The van der Waals surface area contributed by atoms with Gasteiger partial charge < -0.3 is 5.32 Å². The summed E-state index contributed by atoms with van der Waals surface area (Å²) in [5, 5.41) is 3.83. The summed E-state index contributed by atoms with van der Waals surface area (Å²) < 4.78 is 0.400. The number of benzene rings is 1. The molecule has 1 atom stereocenters. The molecule has 1 aliphatic rings. The van der Waals surface area contributed by atoms with Crippen molar-refractivity contribution in [1.29, 1.82) is 0 Å². The third-order valence-corrected chi connectivity index (χ3v) is 7.04. The second-order valence-electron chi connectivity index (χ2n) is 5.24. The van der Waals surface area contributed by atoms with E-state index in [0.29, 0.717) is 10.8 Å². The first kappa shape index (κ1) is 15.3. The van der Waals surface area contributed by atoms with Gasteiger partial charge in [0.1, 0.15) is 0 Å². The van der Waals surface area contributed by atoms with Crippen LogP contribution in [-0.2, 0) is 5.75 Å². The molecule has 0 saturated carbocycles. The van der Waals surface area contributed by atoms with Crippen LogP contribution in [-0.4, -0.2) is 23.3 Å². The Morgan fingerprint density at radius 3 is 2.74 bits per heavy atom. The van der Waals surface area contributed by atoms with Gasteiger partial charge in [0.2, 0.25) is 0 Å². The quantitative estimate of drug-likeness (QED) is 0.830. The van der Waals surface area contributed by atoms with Gasteiger partial charge in [-0.05, 0) is 30.2 Å². The average Bonchev–Trinajstić information content (AvgIpc) is 2.49. The standard InChI is InChI=1S/C16H25NS2/c1-4-16(5-2,18-3)12-17-15-11-19-10-13-8-6-7-9-14(13)15/h6-9,15,17H,4-5,10-12H2,1-3H3. The van der Waals surface area contributed by atoms with Crippen LogP contribution in [0.2, 0.25) is 0 Å². The molecule has 2 rings (SSSR count). The number of rotatable bonds is 6. The number of thioether (sulfide) groups is 2. The summed E-state index contributed by atoms with van der Waals surface area (Å²) in [6, 6.07) is 9.43. The molecule has 0 fully saturated rings. The van der Waals surface area contributed by atoms with Gasteiger partial charge in [-0.3, -0.25) is 0 Å². The number of hydrogen-bond acceptors (Lipinski definition) is 3. The third-order valence-electron chi connectivity index (χ3n) is 4.36. The van der Waals surface area contributed by atoms with Gasteiger partial charge in [-0.25, -0.2) is 0 Å². The van der Waals surface area contributed by atoms with Gasteiger partial charge in [0.15, 0.2) is 0 Å². The minimum atomic E-state index is 0.400. The Labute approximate surface area is 126 Å². The summed E-state index contributed by atoms with van der Waals surface area (Å²) in [6.45, 7) is 5.73. The summed E-state index contributed by atoms with van der Waals surface area (Å²) in [6.07, 6.45) is 4.72. The fraction of sp³-hybridized carbons (Fsp3) is 0.625. The molecule has 0 saturated heterocycles. The second-order valence-corrected chi connectivity index (χ2v) is 7.55. The molecule has 0 radical (unpaired) electrons. The molecule has 0 aliphatic carbocycles. The van der Waals surface area contributed by atoms with Gasteiger partial charge in [-0.15, -0.1) is 0 Å². The Hall–Kier alpha value is -0.120. The Morgan fingerprint density at radius 2 is 2.05 bits per heavy atom. The van der Waals surface area contributed by atoms with Gasteiger partial charge >= 0.3 is 0 Å². The average molecular weight is 296 g/mol. The van der Waals surface area contributed by atoms with Gasteiger partial charge in [0.05, 0.1) is 0 Å². The SMILES string of the molecule is CCC(CC)(CNC1CSCc2ccccc21)SC. The van der Waals surface area contributed by atoms with Gasteiger partial charge in [0, 0.05) is 28.8 Å². The van der Waals surface area contributed by atoms with E-state index in [1.165, 1.54) is 35.5 Å². The van der Waals surface area contributed by atoms with E-state index >= 15 is 0 Å². The van der Waals surface area contributed by atoms with Crippen molar-refractivity contribution in [3.8, 4) is 0 Å². The molecule has 1 aromatic rings. The summed E-state index contributed by atoms with van der Waals surface area (Å²) in [5.41, 5.74) is 3.03. The molecule has 1 aliphatic heterocycles. The lowest BCUT2D eigenvalue weighted by Crippen LogP contribution is -2.39. The molecule has 1 heterocycles. The maximum atomic E-state index is 3.83. The Kier molecular flexibility index (Phi) is 5.67. The van der Waals surface area contributed by atoms with E-state index in [1.54, 1.807) is 0 Å². The maximum absolute atomic E-state index is 3.83. The van der Waals surface area contributed by atoms with E-state index in [9.17, 15) is 0 Å². The van der Waals surface area contributed by atoms with Crippen molar-refractivity contribution in [2.75, 3.05) is 18.6 Å². The Balaban J connectivity index is 2.05. The van der Waals surface area contributed by atoms with E-state index < -0.39 is 0 Å². The summed E-state index contributed by atoms with van der Waals surface area (Å²) in [5.74, 6) is 2.37. The Bertz CT molecular complexity index is 393. The zero-order chi connectivity index (χ0) is 13.7. The predicted molar refractivity (Wildman–Crippen MR) is 90.2 cm³/mol. The lowest BCUT2D eigenvalue weighted by Gasteiger charge is -2.34. The smallest absolute Gasteiger partial charge is 0.0415 e. The molecule has 19 heavy (non-hydrogen) atoms. The molecule has 0 amide bonds. The lowest BCUT2D eigenvalue weighted by molar-refractivity contribution is 0.460. The zero-order valence-corrected chi connectivity index (χ0v) is 13.9. The fourth-order valence-corrected chi connectivity index (χ4v) is 4.66. The molecule has 0 bridgehead atoms. The number of fused-ring (bicyclic) bond motifs is 1. The highest BCUT2D eigenvalue weighted by molar-refractivity contribution is 8.00. The number of hydrogen-bond donors (Lipinski definition) is 1. The van der Waals surface area contributed by atoms with Gasteiger partial charge in [0.25, 0.3) is 0 Å². The van der Waals surface area contributed by atoms with Crippen LogP contribution in [0.25, 0.3) is 0 Å². The predicted octanol–water partition coefficient (Wildman–Crippen LogP) is 4.49. The molecule has 3 heteroatoms. The summed E-state index contributed by atoms with van der Waals surface area (Å²) in [4.78, 5) is 0. The normalized spacial score (nSPS) is 19.2. The van der Waals surface area contributed by atoms with Crippen molar-refractivity contribution in [3.63, 3.8) is 0 Å². The van der Waals surface area contributed by atoms with Crippen LogP contribution in [0.5, 0.6) is 0 Å². The first-order chi connectivity index (χ1) is 9.24. The number of nitrogens with one attached hydrogen (secondary N) is 1. The van der Waals surface area contributed by atoms with Crippen molar-refractivity contribution in [2.45, 2.75) is 43.2 Å². The molecule has 1 nitrogen and oxygen atoms in total. The van der Waals surface area contributed by atoms with Crippen LogP contribution in [0.3, 0.4) is 0 Å². The van der Waals surface area contributed by atoms with Gasteiger partial charge in [-0.2, -0.15) is 23.5 Å². The van der Waals surface area contributed by atoms with Crippen molar-refractivity contribution >= 4 is 23.5 Å². The lowest BCUT2D eigenvalue weighted by atomic mass is 9.99. The first-order valence-corrected chi connectivity index (χ1v) is 9.56. The first-order valence-electron chi connectivity index (χ1n) is 7.18. The molecule has 1 N–H and O–H groups in total. The molecular formula is C16H25NS2. The highest BCUT2D eigenvalue weighted by atomic mass is 32.2. The highest BCUT2D eigenvalue weighted by Crippen LogP contribution is 2.34. The third kappa shape index (κ3) is 3.50. The van der Waals surface area contributed by atoms with Crippen LogP contribution in [0, 0.1) is 0 Å². The highest BCUT2D eigenvalue weighted by Gasteiger charge is 2.27. The van der Waals surface area contributed by atoms with E-state index in [4.69, 9.17) is 0 Å². The van der Waals surface area contributed by atoms with Crippen molar-refractivity contribution in [2.24, 2.45) is 0 Å². The Morgan fingerprint density at radius 1 is 1.32 bits per heavy atom. The molecule has 0 spiro atoms. The maximum Gasteiger partial charge on any atom is 0.0415 e. The summed E-state index contributed by atoms with van der Waals surface area (Å²) in [7, 11) is 0. The van der Waals surface area contributed by atoms with Crippen molar-refractivity contribution < 1.29 is 0 Å². The minimum absolute atomic E-state index is 0.400. The molecule has 1 unspecified atom stereocenters. The monoisotopic (exact) mass is 295 g/mol. The van der Waals surface area contributed by atoms with Crippen LogP contribution in [0.15, 0.2) is 24.3 Å². The minimum Gasteiger partial charge on any atom is -0.308 e. The van der Waals surface area contributed by atoms with Crippen LogP contribution in [0.4, 0.5) is 0 Å². The van der Waals surface area contributed by atoms with E-state index in [1.807, 2.05) is 23.5 Å². The van der Waals surface area contributed by atoms with Crippen molar-refractivity contribution in [3.05, 3.63) is 35.4 Å². The molecule has 106 valence electrons. The van der Waals surface area contributed by atoms with Crippen LogP contribution >= 0.6 is 23.5 Å². The van der Waals surface area contributed by atoms with Crippen LogP contribution < -0.4 is 5.32 Å². The van der Waals surface area contributed by atoms with E-state index in [2.05, 4.69) is 49.7 Å². The summed E-state index contributed by atoms with van der Waals surface area (Å²) >= 11 is 4.07. The van der Waals surface area contributed by atoms with Gasteiger partial charge in [-0.1, -0.05) is 38.1 Å². The topological polar surface area (TPSA) is 12.0 Å². The largest absolute Gasteiger partial charge is 0.308 e. The fourth-order valence-electron chi connectivity index (χ4n) is 2.72. The second kappa shape index (κ2) is 7.05.